The number of nitrogens with one attached hydrogen (secondary N) is 1. The van der Waals surface area contributed by atoms with Crippen molar-refractivity contribution in [2.75, 3.05) is 13.7 Å². The van der Waals surface area contributed by atoms with Crippen molar-refractivity contribution in [3.63, 3.8) is 0 Å². The van der Waals surface area contributed by atoms with Crippen molar-refractivity contribution in [1.29, 1.82) is 0 Å². The van der Waals surface area contributed by atoms with Crippen molar-refractivity contribution >= 4 is 11.9 Å². The highest BCUT2D eigenvalue weighted by molar-refractivity contribution is 5.85. The molecule has 1 unspecified atom stereocenters. The van der Waals surface area contributed by atoms with Crippen molar-refractivity contribution in [1.82, 2.24) is 5.32 Å². The molecule has 5 nitrogen and oxygen atoms in total. The van der Waals surface area contributed by atoms with E-state index in [1.54, 1.807) is 0 Å². The van der Waals surface area contributed by atoms with E-state index < -0.39 is 12.0 Å². The Morgan fingerprint density at radius 2 is 1.76 bits per heavy atom. The van der Waals surface area contributed by atoms with Crippen molar-refractivity contribution in [3.8, 4) is 5.75 Å². The van der Waals surface area contributed by atoms with Crippen LogP contribution in [0.15, 0.2) is 48.5 Å². The molecule has 25 heavy (non-hydrogen) atoms. The molecule has 0 heterocycles. The monoisotopic (exact) mass is 341 g/mol. The number of hydrogen-bond donors (Lipinski definition) is 1. The molecule has 0 fully saturated rings. The highest BCUT2D eigenvalue weighted by Gasteiger charge is 2.22. The first-order valence-electron chi connectivity index (χ1n) is 8.10. The SMILES string of the molecule is COC(=O)C(Cc1ccccc1)NC(=O)COc1ccc(C)c(C)c1. The summed E-state index contributed by atoms with van der Waals surface area (Å²) in [5.41, 5.74) is 3.19. The van der Waals surface area contributed by atoms with E-state index in [0.717, 1.165) is 16.7 Å². The van der Waals surface area contributed by atoms with E-state index in [-0.39, 0.29) is 12.5 Å². The summed E-state index contributed by atoms with van der Waals surface area (Å²) in [4.78, 5) is 24.1. The highest BCUT2D eigenvalue weighted by Crippen LogP contribution is 2.16. The van der Waals surface area contributed by atoms with Crippen LogP contribution in [0.5, 0.6) is 5.75 Å². The minimum absolute atomic E-state index is 0.162. The number of methoxy groups -OCH3 is 1. The number of amides is 1. The van der Waals surface area contributed by atoms with Crippen LogP contribution in [0.2, 0.25) is 0 Å². The van der Waals surface area contributed by atoms with Gasteiger partial charge in [-0.3, -0.25) is 4.79 Å². The molecule has 2 aromatic rings. The number of aryl methyl sites for hydroxylation is 2. The standard InChI is InChI=1S/C20H23NO4/c1-14-9-10-17(11-15(14)2)25-13-19(22)21-18(20(23)24-3)12-16-7-5-4-6-8-16/h4-11,18H,12-13H2,1-3H3,(H,21,22). The Morgan fingerprint density at radius 1 is 1.04 bits per heavy atom. The van der Waals surface area contributed by atoms with Crippen molar-refractivity contribution < 1.29 is 19.1 Å². The highest BCUT2D eigenvalue weighted by atomic mass is 16.5. The third kappa shape index (κ3) is 5.64. The lowest BCUT2D eigenvalue weighted by molar-refractivity contribution is -0.145. The molecule has 2 aromatic carbocycles. The van der Waals surface area contributed by atoms with E-state index in [1.807, 2.05) is 62.4 Å². The zero-order chi connectivity index (χ0) is 18.2. The Kier molecular flexibility index (Phi) is 6.57. The van der Waals surface area contributed by atoms with Gasteiger partial charge in [0.25, 0.3) is 5.91 Å². The Hall–Kier alpha value is -2.82. The van der Waals surface area contributed by atoms with Gasteiger partial charge in [-0.05, 0) is 42.7 Å². The lowest BCUT2D eigenvalue weighted by Gasteiger charge is -2.17. The fourth-order valence-corrected chi connectivity index (χ4v) is 2.37. The molecule has 0 aliphatic carbocycles. The number of ether oxygens (including phenoxy) is 2. The van der Waals surface area contributed by atoms with Crippen molar-refractivity contribution in [2.24, 2.45) is 0 Å². The number of hydrogen-bond acceptors (Lipinski definition) is 4. The van der Waals surface area contributed by atoms with Crippen molar-refractivity contribution in [2.45, 2.75) is 26.3 Å². The predicted octanol–water partition coefficient (Wildman–Crippen LogP) is 2.58. The van der Waals surface area contributed by atoms with E-state index in [1.165, 1.54) is 7.11 Å². The summed E-state index contributed by atoms with van der Waals surface area (Å²) in [6.07, 6.45) is 0.364. The summed E-state index contributed by atoms with van der Waals surface area (Å²) in [6.45, 7) is 3.83. The maximum atomic E-state index is 12.1. The molecule has 0 saturated carbocycles. The number of carbonyl (C=O) groups excluding carboxylic acids is 2. The average molecular weight is 341 g/mol. The molecule has 0 aromatic heterocycles. The van der Waals surface area contributed by atoms with Crippen molar-refractivity contribution in [3.05, 3.63) is 65.2 Å². The van der Waals surface area contributed by atoms with Crippen LogP contribution >= 0.6 is 0 Å². The first kappa shape index (κ1) is 18.5. The minimum Gasteiger partial charge on any atom is -0.484 e. The molecule has 0 bridgehead atoms. The topological polar surface area (TPSA) is 64.6 Å². The van der Waals surface area contributed by atoms with Gasteiger partial charge in [-0.1, -0.05) is 36.4 Å². The molecular formula is C20H23NO4. The Balaban J connectivity index is 1.94. The lowest BCUT2D eigenvalue weighted by atomic mass is 10.1. The second-order valence-corrected chi connectivity index (χ2v) is 5.87. The summed E-state index contributed by atoms with van der Waals surface area (Å²) in [5, 5.41) is 2.67. The van der Waals surface area contributed by atoms with Crippen LogP contribution in [0.4, 0.5) is 0 Å². The van der Waals surface area contributed by atoms with E-state index >= 15 is 0 Å². The Bertz CT molecular complexity index is 728. The molecule has 132 valence electrons. The second kappa shape index (κ2) is 8.87. The maximum absolute atomic E-state index is 12.1. The first-order chi connectivity index (χ1) is 12.0. The molecule has 1 atom stereocenters. The summed E-state index contributed by atoms with van der Waals surface area (Å²) < 4.78 is 10.3. The predicted molar refractivity (Wildman–Crippen MR) is 95.5 cm³/mol. The molecule has 0 aliphatic rings. The fraction of sp³-hybridized carbons (Fsp3) is 0.300. The normalized spacial score (nSPS) is 11.5. The summed E-state index contributed by atoms with van der Waals surface area (Å²) in [5.74, 6) is -0.233. The van der Waals surface area contributed by atoms with Gasteiger partial charge in [-0.2, -0.15) is 0 Å². The van der Waals surface area contributed by atoms with Gasteiger partial charge in [0.15, 0.2) is 6.61 Å². The van der Waals surface area contributed by atoms with Gasteiger partial charge in [0.05, 0.1) is 7.11 Å². The maximum Gasteiger partial charge on any atom is 0.328 e. The fourth-order valence-electron chi connectivity index (χ4n) is 2.37. The molecule has 2 rings (SSSR count). The van der Waals surface area contributed by atoms with Crippen LogP contribution in [-0.2, 0) is 20.7 Å². The van der Waals surface area contributed by atoms with Gasteiger partial charge in [0, 0.05) is 6.42 Å². The van der Waals surface area contributed by atoms with Crippen LogP contribution in [-0.4, -0.2) is 31.6 Å². The van der Waals surface area contributed by atoms with E-state index in [0.29, 0.717) is 12.2 Å². The number of carbonyl (C=O) groups is 2. The Morgan fingerprint density at radius 3 is 2.40 bits per heavy atom. The van der Waals surface area contributed by atoms with Crippen LogP contribution < -0.4 is 10.1 Å². The van der Waals surface area contributed by atoms with Gasteiger partial charge in [-0.25, -0.2) is 4.79 Å². The van der Waals surface area contributed by atoms with Gasteiger partial charge in [-0.15, -0.1) is 0 Å². The molecule has 0 radical (unpaired) electrons. The smallest absolute Gasteiger partial charge is 0.328 e. The molecule has 0 saturated heterocycles. The van der Waals surface area contributed by atoms with E-state index in [4.69, 9.17) is 9.47 Å². The molecular weight excluding hydrogens is 318 g/mol. The van der Waals surface area contributed by atoms with Crippen LogP contribution in [0, 0.1) is 13.8 Å². The lowest BCUT2D eigenvalue weighted by Crippen LogP contribution is -2.44. The quantitative estimate of drug-likeness (QED) is 0.786. The summed E-state index contributed by atoms with van der Waals surface area (Å²) in [6, 6.07) is 14.3. The number of rotatable bonds is 7. The van der Waals surface area contributed by atoms with Crippen LogP contribution in [0.1, 0.15) is 16.7 Å². The second-order valence-electron chi connectivity index (χ2n) is 5.87. The zero-order valence-electron chi connectivity index (χ0n) is 14.7. The molecule has 5 heteroatoms. The molecule has 0 aliphatic heterocycles. The van der Waals surface area contributed by atoms with Crippen LogP contribution in [0.3, 0.4) is 0 Å². The van der Waals surface area contributed by atoms with Gasteiger partial charge >= 0.3 is 5.97 Å². The average Bonchev–Trinajstić information content (AvgIpc) is 2.62. The van der Waals surface area contributed by atoms with E-state index in [9.17, 15) is 9.59 Å². The summed E-state index contributed by atoms with van der Waals surface area (Å²) in [7, 11) is 1.30. The summed E-state index contributed by atoms with van der Waals surface area (Å²) >= 11 is 0. The van der Waals surface area contributed by atoms with Gasteiger partial charge in [0.2, 0.25) is 0 Å². The van der Waals surface area contributed by atoms with E-state index in [2.05, 4.69) is 5.32 Å². The Labute approximate surface area is 148 Å². The zero-order valence-corrected chi connectivity index (χ0v) is 14.7. The third-order valence-electron chi connectivity index (χ3n) is 3.95. The molecule has 0 spiro atoms. The molecule has 1 amide bonds. The molecule has 1 N–H and O–H groups in total. The van der Waals surface area contributed by atoms with Gasteiger partial charge in [0.1, 0.15) is 11.8 Å². The number of esters is 1. The number of benzene rings is 2. The third-order valence-corrected chi connectivity index (χ3v) is 3.95. The largest absolute Gasteiger partial charge is 0.484 e. The minimum atomic E-state index is -0.747. The first-order valence-corrected chi connectivity index (χ1v) is 8.10. The van der Waals surface area contributed by atoms with Gasteiger partial charge < -0.3 is 14.8 Å². The van der Waals surface area contributed by atoms with Crippen LogP contribution in [0.25, 0.3) is 0 Å².